The van der Waals surface area contributed by atoms with Crippen molar-refractivity contribution in [3.8, 4) is 0 Å². The van der Waals surface area contributed by atoms with Crippen molar-refractivity contribution < 1.29 is 18.0 Å². The Morgan fingerprint density at radius 2 is 1.94 bits per heavy atom. The summed E-state index contributed by atoms with van der Waals surface area (Å²) in [6.07, 6.45) is -3.89. The van der Waals surface area contributed by atoms with E-state index < -0.39 is 16.4 Å². The van der Waals surface area contributed by atoms with Gasteiger partial charge in [-0.25, -0.2) is 0 Å². The highest BCUT2D eigenvalue weighted by molar-refractivity contribution is 9.12. The molecule has 2 nitrogen and oxygen atoms in total. The summed E-state index contributed by atoms with van der Waals surface area (Å²) in [5, 5.41) is 2.64. The number of rotatable bonds is 3. The van der Waals surface area contributed by atoms with Crippen LogP contribution < -0.4 is 5.32 Å². The smallest absolute Gasteiger partial charge is 0.360 e. The van der Waals surface area contributed by atoms with Gasteiger partial charge in [-0.2, -0.15) is 13.2 Å². The number of hydrogen-bond acceptors (Lipinski definition) is 2. The maximum Gasteiger partial charge on any atom is 0.455 e. The molecule has 0 radical (unpaired) electrons. The summed E-state index contributed by atoms with van der Waals surface area (Å²) in [6, 6.07) is 7.04. The van der Waals surface area contributed by atoms with Crippen molar-refractivity contribution in [2.24, 2.45) is 0 Å². The molecule has 0 atom stereocenters. The molecule has 0 unspecified atom stereocenters. The van der Waals surface area contributed by atoms with Crippen LogP contribution in [0.25, 0.3) is 0 Å². The predicted molar refractivity (Wildman–Crippen MR) is 62.9 cm³/mol. The number of hydrogen-bond donors (Lipinski definition) is 1. The molecule has 0 spiro atoms. The molecule has 6 heteroatoms. The first kappa shape index (κ1) is 13.8. The Kier molecular flexibility index (Phi) is 4.34. The molecule has 1 aromatic carbocycles. The maximum absolute atomic E-state index is 12.1. The van der Waals surface area contributed by atoms with Crippen LogP contribution in [0, 0.1) is 6.92 Å². The van der Waals surface area contributed by atoms with Gasteiger partial charge >= 0.3 is 6.18 Å². The van der Waals surface area contributed by atoms with E-state index in [4.69, 9.17) is 0 Å². The van der Waals surface area contributed by atoms with E-state index in [2.05, 4.69) is 21.2 Å². The number of anilines is 1. The minimum Gasteiger partial charge on any atom is -0.360 e. The van der Waals surface area contributed by atoms with Gasteiger partial charge in [-0.3, -0.25) is 4.79 Å². The average molecular weight is 308 g/mol. The molecule has 0 aromatic heterocycles. The zero-order valence-corrected chi connectivity index (χ0v) is 10.4. The number of alkyl halides is 3. The van der Waals surface area contributed by atoms with E-state index in [1.54, 1.807) is 31.2 Å². The second kappa shape index (κ2) is 5.35. The first-order valence-electron chi connectivity index (χ1n) is 4.61. The van der Waals surface area contributed by atoms with Gasteiger partial charge in [-0.1, -0.05) is 18.2 Å². The number of halogens is 4. The van der Waals surface area contributed by atoms with Crippen LogP contribution >= 0.6 is 15.9 Å². The topological polar surface area (TPSA) is 29.1 Å². The zero-order valence-electron chi connectivity index (χ0n) is 8.81. The van der Waals surface area contributed by atoms with Crippen molar-refractivity contribution in [2.75, 3.05) is 5.32 Å². The van der Waals surface area contributed by atoms with Gasteiger partial charge in [0.25, 0.3) is 5.78 Å². The monoisotopic (exact) mass is 307 g/mol. The van der Waals surface area contributed by atoms with Crippen LogP contribution in [0.4, 0.5) is 18.9 Å². The SMILES string of the molecule is Cc1ccccc1N/C=C(\Br)C(=O)C(F)(F)F. The third kappa shape index (κ3) is 3.89. The number of carbonyl (C=O) groups is 1. The standard InChI is InChI=1S/C11H9BrF3NO/c1-7-4-2-3-5-9(7)16-6-8(12)10(17)11(13,14)15/h2-6,16H,1H3/b8-6-. The van der Waals surface area contributed by atoms with Crippen molar-refractivity contribution in [3.63, 3.8) is 0 Å². The average Bonchev–Trinajstić information content (AvgIpc) is 2.25. The van der Waals surface area contributed by atoms with Gasteiger partial charge in [0.2, 0.25) is 0 Å². The van der Waals surface area contributed by atoms with E-state index in [9.17, 15) is 18.0 Å². The third-order valence-corrected chi connectivity index (χ3v) is 2.56. The van der Waals surface area contributed by atoms with Crippen LogP contribution in [0.1, 0.15) is 5.56 Å². The van der Waals surface area contributed by atoms with E-state index in [1.807, 2.05) is 0 Å². The van der Waals surface area contributed by atoms with Crippen molar-refractivity contribution in [1.29, 1.82) is 0 Å². The van der Waals surface area contributed by atoms with Gasteiger partial charge in [0.1, 0.15) is 0 Å². The third-order valence-electron chi connectivity index (χ3n) is 1.97. The largest absolute Gasteiger partial charge is 0.455 e. The molecular weight excluding hydrogens is 299 g/mol. The number of benzene rings is 1. The lowest BCUT2D eigenvalue weighted by Crippen LogP contribution is -2.22. The zero-order chi connectivity index (χ0) is 13.1. The molecule has 0 aliphatic heterocycles. The van der Waals surface area contributed by atoms with E-state index in [0.717, 1.165) is 11.8 Å². The maximum atomic E-state index is 12.1. The summed E-state index contributed by atoms with van der Waals surface area (Å²) in [4.78, 5) is 10.8. The molecule has 0 amide bonds. The molecule has 1 N–H and O–H groups in total. The highest BCUT2D eigenvalue weighted by Gasteiger charge is 2.39. The van der Waals surface area contributed by atoms with Crippen LogP contribution in [0.3, 0.4) is 0 Å². The number of nitrogens with one attached hydrogen (secondary N) is 1. The van der Waals surface area contributed by atoms with Gasteiger partial charge < -0.3 is 5.32 Å². The van der Waals surface area contributed by atoms with Crippen LogP contribution in [0.15, 0.2) is 34.9 Å². The van der Waals surface area contributed by atoms with Crippen molar-refractivity contribution >= 4 is 27.4 Å². The van der Waals surface area contributed by atoms with E-state index >= 15 is 0 Å². The number of para-hydroxylation sites is 1. The molecule has 92 valence electrons. The number of carbonyl (C=O) groups excluding carboxylic acids is 1. The van der Waals surface area contributed by atoms with Crippen LogP contribution in [-0.4, -0.2) is 12.0 Å². The lowest BCUT2D eigenvalue weighted by molar-refractivity contribution is -0.165. The number of ketones is 1. The highest BCUT2D eigenvalue weighted by Crippen LogP contribution is 2.24. The summed E-state index contributed by atoms with van der Waals surface area (Å²) < 4.78 is 35.6. The summed E-state index contributed by atoms with van der Waals surface area (Å²) in [5.74, 6) is -1.92. The van der Waals surface area contributed by atoms with Gasteiger partial charge in [0.15, 0.2) is 0 Å². The first-order valence-corrected chi connectivity index (χ1v) is 5.41. The lowest BCUT2D eigenvalue weighted by atomic mass is 10.2. The van der Waals surface area contributed by atoms with Crippen molar-refractivity contribution in [3.05, 3.63) is 40.5 Å². The molecule has 0 saturated heterocycles. The fourth-order valence-electron chi connectivity index (χ4n) is 1.08. The normalized spacial score (nSPS) is 12.4. The van der Waals surface area contributed by atoms with Crippen molar-refractivity contribution in [2.45, 2.75) is 13.1 Å². The molecule has 0 saturated carbocycles. The quantitative estimate of drug-likeness (QED) is 0.861. The Balaban J connectivity index is 2.79. The van der Waals surface area contributed by atoms with Crippen molar-refractivity contribution in [1.82, 2.24) is 0 Å². The van der Waals surface area contributed by atoms with Crippen LogP contribution in [-0.2, 0) is 4.79 Å². The Morgan fingerprint density at radius 1 is 1.35 bits per heavy atom. The molecule has 0 bridgehead atoms. The molecule has 0 aliphatic carbocycles. The number of aryl methyl sites for hydroxylation is 1. The van der Waals surface area contributed by atoms with Gasteiger partial charge in [0.05, 0.1) is 4.48 Å². The summed E-state index contributed by atoms with van der Waals surface area (Å²) >= 11 is 2.59. The first-order chi connectivity index (χ1) is 7.82. The molecule has 1 rings (SSSR count). The molecule has 0 heterocycles. The van der Waals surface area contributed by atoms with Gasteiger partial charge in [-0.05, 0) is 34.5 Å². The van der Waals surface area contributed by atoms with Gasteiger partial charge in [0, 0.05) is 11.9 Å². The number of Topliss-reactive ketones (excluding diaryl/α,β-unsaturated/α-hetero) is 1. The number of allylic oxidation sites excluding steroid dienone is 1. The van der Waals surface area contributed by atoms with E-state index in [1.165, 1.54) is 0 Å². The minimum absolute atomic E-state index is 0.562. The molecule has 1 aromatic rings. The Hall–Kier alpha value is -1.30. The molecule has 17 heavy (non-hydrogen) atoms. The van der Waals surface area contributed by atoms with Crippen LogP contribution in [0.2, 0.25) is 0 Å². The summed E-state index contributed by atoms with van der Waals surface area (Å²) in [6.45, 7) is 1.80. The second-order valence-electron chi connectivity index (χ2n) is 3.28. The fraction of sp³-hybridized carbons (Fsp3) is 0.182. The molecular formula is C11H9BrF3NO. The Bertz CT molecular complexity index is 454. The Labute approximate surface area is 105 Å². The fourth-order valence-corrected chi connectivity index (χ4v) is 1.42. The molecule has 0 fully saturated rings. The van der Waals surface area contributed by atoms with Crippen LogP contribution in [0.5, 0.6) is 0 Å². The van der Waals surface area contributed by atoms with E-state index in [0.29, 0.717) is 5.69 Å². The summed E-state index contributed by atoms with van der Waals surface area (Å²) in [7, 11) is 0. The predicted octanol–water partition coefficient (Wildman–Crippen LogP) is 3.77. The minimum atomic E-state index is -4.87. The molecule has 0 aliphatic rings. The van der Waals surface area contributed by atoms with E-state index in [-0.39, 0.29) is 0 Å². The Morgan fingerprint density at radius 3 is 2.47 bits per heavy atom. The van der Waals surface area contributed by atoms with Gasteiger partial charge in [-0.15, -0.1) is 0 Å². The highest BCUT2D eigenvalue weighted by atomic mass is 79.9. The summed E-state index contributed by atoms with van der Waals surface area (Å²) in [5.41, 5.74) is 1.50. The lowest BCUT2D eigenvalue weighted by Gasteiger charge is -2.07. The second-order valence-corrected chi connectivity index (χ2v) is 4.13.